The fourth-order valence-corrected chi connectivity index (χ4v) is 10.9. The monoisotopic (exact) mass is 912 g/mol. The molecule has 3 fully saturated rings. The molecule has 0 bridgehead atoms. The van der Waals surface area contributed by atoms with E-state index in [1.54, 1.807) is 44.8 Å². The molecule has 5 aliphatic rings. The van der Waals surface area contributed by atoms with Crippen molar-refractivity contribution < 1.29 is 41.5 Å². The Kier molecular flexibility index (Phi) is 11.3. The number of hydrogen-bond acceptors (Lipinski definition) is 12. The van der Waals surface area contributed by atoms with Gasteiger partial charge in [-0.25, -0.2) is 0 Å². The van der Waals surface area contributed by atoms with Crippen LogP contribution in [0.3, 0.4) is 0 Å². The first-order valence-corrected chi connectivity index (χ1v) is 22.7. The van der Waals surface area contributed by atoms with Gasteiger partial charge in [-0.05, 0) is 109 Å². The summed E-state index contributed by atoms with van der Waals surface area (Å²) in [5.41, 5.74) is 7.13. The van der Waals surface area contributed by atoms with Gasteiger partial charge in [-0.1, -0.05) is 0 Å². The first-order valence-electron chi connectivity index (χ1n) is 25.7. The molecule has 354 valence electrons. The largest absolute Gasteiger partial charge is 0.493 e. The van der Waals surface area contributed by atoms with Crippen LogP contribution in [0.1, 0.15) is 143 Å². The van der Waals surface area contributed by atoms with Crippen LogP contribution in [0.2, 0.25) is 0 Å². The highest BCUT2D eigenvalue weighted by molar-refractivity contribution is 5.95. The van der Waals surface area contributed by atoms with Crippen molar-refractivity contribution in [2.45, 2.75) is 116 Å². The van der Waals surface area contributed by atoms with Crippen molar-refractivity contribution in [1.29, 1.82) is 0 Å². The number of hydrogen-bond donors (Lipinski definition) is 0. The first kappa shape index (κ1) is 39.8. The number of Topliss-reactive ketones (excluding diaryl/α,β-unsaturated/α-hetero) is 2. The van der Waals surface area contributed by atoms with Crippen molar-refractivity contribution in [3.05, 3.63) is 103 Å². The fraction of sp³-hybridized carbons (Fsp3) is 0.538. The highest BCUT2D eigenvalue weighted by Crippen LogP contribution is 2.51. The van der Waals surface area contributed by atoms with E-state index >= 15 is 0 Å². The smallest absolute Gasteiger partial charge is 0.193 e. The quantitative estimate of drug-likeness (QED) is 0.115. The molecule has 4 aromatic rings. The summed E-state index contributed by atoms with van der Waals surface area (Å²) in [6.07, 6.45) is 4.84. The maximum atomic E-state index is 12.9. The molecule has 0 saturated carbocycles. The highest BCUT2D eigenvalue weighted by atomic mass is 16.5. The second kappa shape index (κ2) is 18.8. The Labute approximate surface area is 396 Å². The van der Waals surface area contributed by atoms with Gasteiger partial charge in [0.2, 0.25) is 0 Å². The minimum absolute atomic E-state index is 0.00723. The van der Waals surface area contributed by atoms with Crippen molar-refractivity contribution in [2.24, 2.45) is 5.92 Å². The summed E-state index contributed by atoms with van der Waals surface area (Å²) < 4.78 is 79.1. The van der Waals surface area contributed by atoms with Crippen LogP contribution in [0.15, 0.2) is 58.4 Å². The number of nitrogens with zero attached hydrogens (tertiary/aromatic N) is 5. The number of fused-ring (bicyclic) bond motifs is 12. The van der Waals surface area contributed by atoms with E-state index < -0.39 is 24.9 Å². The molecule has 14 heteroatoms. The lowest BCUT2D eigenvalue weighted by Gasteiger charge is -2.45. The average molecular weight is 912 g/mol. The van der Waals surface area contributed by atoms with Crippen molar-refractivity contribution >= 4 is 17.3 Å². The minimum Gasteiger partial charge on any atom is -0.493 e. The Bertz CT molecular complexity index is 2920. The predicted octanol–water partition coefficient (Wildman–Crippen LogP) is 7.75. The zero-order valence-electron chi connectivity index (χ0n) is 45.8. The molecule has 3 saturated heterocycles. The number of aromatic nitrogens is 2. The van der Waals surface area contributed by atoms with Gasteiger partial charge in [0.25, 0.3) is 0 Å². The van der Waals surface area contributed by atoms with Gasteiger partial charge in [-0.3, -0.25) is 38.5 Å². The molecular formula is C52H67N5O9. The van der Waals surface area contributed by atoms with Gasteiger partial charge in [0.15, 0.2) is 22.4 Å². The van der Waals surface area contributed by atoms with Gasteiger partial charge in [0.05, 0.1) is 77.5 Å². The molecule has 0 amide bonds. The van der Waals surface area contributed by atoms with E-state index in [4.69, 9.17) is 27.2 Å². The number of ether oxygens (including phenoxy) is 5. The number of carbonyl (C=O) groups is 2. The standard InChI is InChI=1S/C27H35N3O4.C25H32N2O5/c1-17(31)22-14-29-25(12-26(22)32)20-10-19(16-34-5)24(28-9-7-18(13-28)15-33-4)11-21(20)23-6-8-27(2,3)30(23)29;1-16(28)20-14-26-22(13-23(20)29)18-11-17(15-31-5)24(32-10-6-9-30-4)12-19(18)21-7-8-25(2,3)27(21)26/h10-12,14,18,23H,6-9,13,15-16H2,1-5H3;11-14,21H,6-10,15H2,1-5H3/t18-,23-;21-/m11/s1/i;6D2,9D2,10D2. The van der Waals surface area contributed by atoms with E-state index in [9.17, 15) is 19.2 Å². The van der Waals surface area contributed by atoms with Crippen LogP contribution >= 0.6 is 0 Å². The summed E-state index contributed by atoms with van der Waals surface area (Å²) in [5, 5.41) is 4.46. The van der Waals surface area contributed by atoms with Crippen LogP contribution in [0.25, 0.3) is 22.5 Å². The zero-order valence-corrected chi connectivity index (χ0v) is 39.8. The van der Waals surface area contributed by atoms with E-state index in [0.717, 1.165) is 81.3 Å². The van der Waals surface area contributed by atoms with Gasteiger partial charge in [0.1, 0.15) is 5.75 Å². The molecule has 0 aliphatic carbocycles. The third-order valence-electron chi connectivity index (χ3n) is 13.9. The van der Waals surface area contributed by atoms with Crippen molar-refractivity contribution in [2.75, 3.05) is 76.2 Å². The summed E-state index contributed by atoms with van der Waals surface area (Å²) in [4.78, 5) is 52.6. The maximum Gasteiger partial charge on any atom is 0.193 e. The Morgan fingerprint density at radius 2 is 1.21 bits per heavy atom. The lowest BCUT2D eigenvalue weighted by Crippen LogP contribution is -2.50. The molecule has 14 nitrogen and oxygen atoms in total. The number of pyridine rings is 2. The third kappa shape index (κ3) is 8.61. The number of ketones is 2. The molecule has 2 aromatic heterocycles. The summed E-state index contributed by atoms with van der Waals surface area (Å²) in [6, 6.07) is 10.9. The van der Waals surface area contributed by atoms with E-state index in [2.05, 4.69) is 64.2 Å². The van der Waals surface area contributed by atoms with E-state index in [1.807, 2.05) is 4.68 Å². The topological polar surface area (TPSA) is 134 Å². The predicted molar refractivity (Wildman–Crippen MR) is 256 cm³/mol. The Morgan fingerprint density at radius 1 is 0.682 bits per heavy atom. The maximum absolute atomic E-state index is 12.9. The highest BCUT2D eigenvalue weighted by Gasteiger charge is 2.47. The van der Waals surface area contributed by atoms with Gasteiger partial charge < -0.3 is 28.6 Å². The molecule has 0 unspecified atom stereocenters. The molecule has 66 heavy (non-hydrogen) atoms. The molecule has 5 aliphatic heterocycles. The third-order valence-corrected chi connectivity index (χ3v) is 13.9. The molecule has 0 N–H and O–H groups in total. The summed E-state index contributed by atoms with van der Waals surface area (Å²) in [5.74, 6) is -0.00885. The second-order valence-electron chi connectivity index (χ2n) is 19.3. The van der Waals surface area contributed by atoms with Crippen LogP contribution in [-0.4, -0.2) is 93.3 Å². The molecule has 2 aromatic carbocycles. The SMILES string of the molecule is COCc1cc2c(cc1N1CC[C@@H](COC)C1)[C@H]1CCC(C)(C)N1n1cc(C(C)=O)c(=O)cc1-2.[2H]C([2H])(OC)C([2H])([2H])C([2H])([2H])Oc1cc2c(cc1COC)-c1cc(=O)c(C(C)=O)cn1N1[C@@H]2CCC1(C)C. The van der Waals surface area contributed by atoms with Crippen molar-refractivity contribution in [3.63, 3.8) is 0 Å². The lowest BCUT2D eigenvalue weighted by atomic mass is 9.91. The second-order valence-corrected chi connectivity index (χ2v) is 19.3. The number of benzene rings is 2. The number of rotatable bonds is 14. The van der Waals surface area contributed by atoms with Gasteiger partial charge in [-0.2, -0.15) is 0 Å². The van der Waals surface area contributed by atoms with E-state index in [-0.39, 0.29) is 63.6 Å². The first-order chi connectivity index (χ1) is 33.7. The van der Waals surface area contributed by atoms with Crippen LogP contribution in [-0.2, 0) is 32.2 Å². The van der Waals surface area contributed by atoms with Gasteiger partial charge >= 0.3 is 0 Å². The lowest BCUT2D eigenvalue weighted by molar-refractivity contribution is 0.100. The van der Waals surface area contributed by atoms with Crippen LogP contribution in [0, 0.1) is 5.92 Å². The molecule has 7 heterocycles. The molecule has 0 radical (unpaired) electrons. The Balaban J connectivity index is 0.000000194. The van der Waals surface area contributed by atoms with E-state index in [1.165, 1.54) is 38.3 Å². The molecule has 3 atom stereocenters. The van der Waals surface area contributed by atoms with Crippen LogP contribution in [0.5, 0.6) is 5.75 Å². The molecule has 0 spiro atoms. The number of methoxy groups -OCH3 is 4. The van der Waals surface area contributed by atoms with E-state index in [0.29, 0.717) is 29.3 Å². The number of carbonyl (C=O) groups excluding carboxylic acids is 2. The van der Waals surface area contributed by atoms with Crippen LogP contribution in [0.4, 0.5) is 5.69 Å². The van der Waals surface area contributed by atoms with Gasteiger partial charge in [-0.15, -0.1) is 0 Å². The Morgan fingerprint density at radius 3 is 1.73 bits per heavy atom. The zero-order chi connectivity index (χ0) is 52.6. The van der Waals surface area contributed by atoms with Crippen molar-refractivity contribution in [3.8, 4) is 28.3 Å². The summed E-state index contributed by atoms with van der Waals surface area (Å²) in [6.45, 7) is 8.54. The normalized spacial score (nSPS) is 22.4. The van der Waals surface area contributed by atoms with Gasteiger partial charge in [0, 0.05) is 116 Å². The Hall–Kier alpha value is -5.28. The average Bonchev–Trinajstić information content (AvgIpc) is 4.00. The number of anilines is 1. The fourth-order valence-electron chi connectivity index (χ4n) is 10.9. The molecular weight excluding hydrogens is 839 g/mol. The van der Waals surface area contributed by atoms with Crippen LogP contribution < -0.4 is 30.5 Å². The summed E-state index contributed by atoms with van der Waals surface area (Å²) in [7, 11) is 5.89. The summed E-state index contributed by atoms with van der Waals surface area (Å²) >= 11 is 0. The molecule has 9 rings (SSSR count). The minimum atomic E-state index is -3.18. The van der Waals surface area contributed by atoms with Crippen molar-refractivity contribution in [1.82, 2.24) is 9.35 Å².